The van der Waals surface area contributed by atoms with Crippen LogP contribution in [0.1, 0.15) is 26.3 Å². The van der Waals surface area contributed by atoms with Crippen LogP contribution in [0.2, 0.25) is 5.15 Å². The molecule has 0 unspecified atom stereocenters. The van der Waals surface area contributed by atoms with Crippen LogP contribution >= 0.6 is 11.6 Å². The normalized spacial score (nSPS) is 10.3. The van der Waals surface area contributed by atoms with Crippen molar-refractivity contribution >= 4 is 29.1 Å². The molecular weight excluding hydrogens is 369 g/mol. The van der Waals surface area contributed by atoms with Gasteiger partial charge in [0.2, 0.25) is 0 Å². The van der Waals surface area contributed by atoms with Crippen LogP contribution in [0.4, 0.5) is 10.1 Å². The van der Waals surface area contributed by atoms with E-state index in [0.717, 1.165) is 5.56 Å². The lowest BCUT2D eigenvalue weighted by molar-refractivity contribution is 0.0949. The smallest absolute Gasteiger partial charge is 0.255 e. The van der Waals surface area contributed by atoms with E-state index in [9.17, 15) is 14.0 Å². The van der Waals surface area contributed by atoms with Gasteiger partial charge < -0.3 is 10.6 Å². The molecular formula is C20H15ClFN3O2. The number of carbonyl (C=O) groups excluding carboxylic acids is 2. The monoisotopic (exact) mass is 383 g/mol. The molecule has 1 heterocycles. The highest BCUT2D eigenvalue weighted by molar-refractivity contribution is 6.29. The molecule has 2 N–H and O–H groups in total. The fourth-order valence-corrected chi connectivity index (χ4v) is 2.47. The van der Waals surface area contributed by atoms with Crippen LogP contribution in [0.5, 0.6) is 0 Å². The van der Waals surface area contributed by atoms with E-state index in [4.69, 9.17) is 11.6 Å². The van der Waals surface area contributed by atoms with E-state index in [1.165, 1.54) is 30.5 Å². The van der Waals surface area contributed by atoms with Crippen LogP contribution in [0, 0.1) is 5.82 Å². The minimum atomic E-state index is -0.403. The second-order valence-corrected chi connectivity index (χ2v) is 6.10. The maximum Gasteiger partial charge on any atom is 0.255 e. The van der Waals surface area contributed by atoms with E-state index in [2.05, 4.69) is 15.6 Å². The predicted molar refractivity (Wildman–Crippen MR) is 101 cm³/mol. The Hall–Kier alpha value is -3.25. The summed E-state index contributed by atoms with van der Waals surface area (Å²) in [6.45, 7) is 0.279. The Bertz CT molecular complexity index is 960. The standard InChI is InChI=1S/C20H15ClFN3O2/c21-18-9-6-15(12-23-18)19(26)24-11-13-2-1-3-17(10-13)25-20(27)14-4-7-16(22)8-5-14/h1-10,12H,11H2,(H,24,26)(H,25,27). The van der Waals surface area contributed by atoms with Gasteiger partial charge in [0, 0.05) is 24.0 Å². The Morgan fingerprint density at radius 2 is 1.70 bits per heavy atom. The largest absolute Gasteiger partial charge is 0.348 e. The minimum absolute atomic E-state index is 0.278. The molecule has 1 aromatic heterocycles. The highest BCUT2D eigenvalue weighted by Crippen LogP contribution is 2.13. The molecule has 0 spiro atoms. The molecule has 0 bridgehead atoms. The maximum atomic E-state index is 12.9. The van der Waals surface area contributed by atoms with Gasteiger partial charge in [0.1, 0.15) is 11.0 Å². The zero-order valence-electron chi connectivity index (χ0n) is 14.1. The first-order chi connectivity index (χ1) is 13.0. The molecule has 0 saturated heterocycles. The van der Waals surface area contributed by atoms with E-state index < -0.39 is 5.82 Å². The maximum absolute atomic E-state index is 12.9. The molecule has 3 aromatic rings. The van der Waals surface area contributed by atoms with Crippen molar-refractivity contribution in [3.63, 3.8) is 0 Å². The summed E-state index contributed by atoms with van der Waals surface area (Å²) < 4.78 is 12.9. The number of anilines is 1. The molecule has 7 heteroatoms. The first kappa shape index (κ1) is 18.5. The third kappa shape index (κ3) is 5.12. The number of halogens is 2. The van der Waals surface area contributed by atoms with Gasteiger partial charge in [-0.1, -0.05) is 23.7 Å². The predicted octanol–water partition coefficient (Wildman–Crippen LogP) is 4.06. The third-order valence-electron chi connectivity index (χ3n) is 3.73. The van der Waals surface area contributed by atoms with Gasteiger partial charge in [-0.25, -0.2) is 9.37 Å². The Morgan fingerprint density at radius 3 is 2.41 bits per heavy atom. The first-order valence-corrected chi connectivity index (χ1v) is 8.45. The number of pyridine rings is 1. The fourth-order valence-electron chi connectivity index (χ4n) is 2.36. The molecule has 136 valence electrons. The number of amides is 2. The number of nitrogens with zero attached hydrogens (tertiary/aromatic N) is 1. The van der Waals surface area contributed by atoms with E-state index in [1.54, 1.807) is 30.3 Å². The van der Waals surface area contributed by atoms with Gasteiger partial charge in [-0.05, 0) is 54.1 Å². The van der Waals surface area contributed by atoms with E-state index in [-0.39, 0.29) is 18.4 Å². The number of rotatable bonds is 5. The van der Waals surface area contributed by atoms with Crippen molar-refractivity contribution in [2.24, 2.45) is 0 Å². The number of hydrogen-bond donors (Lipinski definition) is 2. The van der Waals surface area contributed by atoms with E-state index in [1.807, 2.05) is 6.07 Å². The zero-order valence-corrected chi connectivity index (χ0v) is 14.8. The quantitative estimate of drug-likeness (QED) is 0.653. The summed E-state index contributed by atoms with van der Waals surface area (Å²) in [5, 5.41) is 5.84. The lowest BCUT2D eigenvalue weighted by atomic mass is 10.1. The summed E-state index contributed by atoms with van der Waals surface area (Å²) in [7, 11) is 0. The molecule has 27 heavy (non-hydrogen) atoms. The molecule has 0 atom stereocenters. The average Bonchev–Trinajstić information content (AvgIpc) is 2.67. The molecule has 3 rings (SSSR count). The van der Waals surface area contributed by atoms with Gasteiger partial charge in [0.15, 0.2) is 0 Å². The van der Waals surface area contributed by atoms with Crippen molar-refractivity contribution in [3.05, 3.63) is 94.5 Å². The van der Waals surface area contributed by atoms with Crippen molar-refractivity contribution < 1.29 is 14.0 Å². The minimum Gasteiger partial charge on any atom is -0.348 e. The molecule has 0 aliphatic carbocycles. The third-order valence-corrected chi connectivity index (χ3v) is 3.96. The van der Waals surface area contributed by atoms with Crippen LogP contribution in [0.3, 0.4) is 0 Å². The highest BCUT2D eigenvalue weighted by atomic mass is 35.5. The SMILES string of the molecule is O=C(NCc1cccc(NC(=O)c2ccc(F)cc2)c1)c1ccc(Cl)nc1. The molecule has 2 amide bonds. The molecule has 2 aromatic carbocycles. The van der Waals surface area contributed by atoms with Gasteiger partial charge in [0.05, 0.1) is 5.56 Å². The lowest BCUT2D eigenvalue weighted by Crippen LogP contribution is -2.23. The van der Waals surface area contributed by atoms with Crippen LogP contribution in [-0.2, 0) is 6.54 Å². The summed E-state index contributed by atoms with van der Waals surface area (Å²) in [4.78, 5) is 28.2. The van der Waals surface area contributed by atoms with Crippen LogP contribution < -0.4 is 10.6 Å². The second-order valence-electron chi connectivity index (χ2n) is 5.71. The molecule has 0 saturated carbocycles. The fraction of sp³-hybridized carbons (Fsp3) is 0.0500. The molecule has 0 fully saturated rings. The summed E-state index contributed by atoms with van der Waals surface area (Å²) in [6.07, 6.45) is 1.40. The Labute approximate surface area is 160 Å². The molecule has 0 aliphatic heterocycles. The molecule has 5 nitrogen and oxygen atoms in total. The number of carbonyl (C=O) groups is 2. The van der Waals surface area contributed by atoms with Crippen molar-refractivity contribution in [1.82, 2.24) is 10.3 Å². The summed E-state index contributed by atoms with van der Waals surface area (Å²) in [5.41, 5.74) is 2.14. The lowest BCUT2D eigenvalue weighted by Gasteiger charge is -2.09. The second kappa shape index (κ2) is 8.42. The van der Waals surface area contributed by atoms with E-state index in [0.29, 0.717) is 22.0 Å². The average molecular weight is 384 g/mol. The number of hydrogen-bond acceptors (Lipinski definition) is 3. The summed E-state index contributed by atoms with van der Waals surface area (Å²) in [5.74, 6) is -1.02. The Morgan fingerprint density at radius 1 is 0.963 bits per heavy atom. The molecule has 0 radical (unpaired) electrons. The summed E-state index contributed by atoms with van der Waals surface area (Å²) in [6, 6.07) is 15.5. The summed E-state index contributed by atoms with van der Waals surface area (Å²) >= 11 is 5.70. The van der Waals surface area contributed by atoms with Crippen LogP contribution in [0.15, 0.2) is 66.9 Å². The Balaban J connectivity index is 1.61. The van der Waals surface area contributed by atoms with Crippen LogP contribution in [0.25, 0.3) is 0 Å². The Kier molecular flexibility index (Phi) is 5.78. The van der Waals surface area contributed by atoms with Gasteiger partial charge in [-0.15, -0.1) is 0 Å². The van der Waals surface area contributed by atoms with Crippen molar-refractivity contribution in [3.8, 4) is 0 Å². The molecule has 0 aliphatic rings. The van der Waals surface area contributed by atoms with Crippen molar-refractivity contribution in [2.45, 2.75) is 6.54 Å². The first-order valence-electron chi connectivity index (χ1n) is 8.07. The van der Waals surface area contributed by atoms with Crippen molar-refractivity contribution in [1.29, 1.82) is 0 Å². The zero-order chi connectivity index (χ0) is 19.2. The van der Waals surface area contributed by atoms with Gasteiger partial charge >= 0.3 is 0 Å². The van der Waals surface area contributed by atoms with Gasteiger partial charge in [0.25, 0.3) is 11.8 Å². The number of benzene rings is 2. The number of nitrogens with one attached hydrogen (secondary N) is 2. The van der Waals surface area contributed by atoms with Gasteiger partial charge in [-0.2, -0.15) is 0 Å². The highest BCUT2D eigenvalue weighted by Gasteiger charge is 2.08. The van der Waals surface area contributed by atoms with E-state index >= 15 is 0 Å². The number of aromatic nitrogens is 1. The topological polar surface area (TPSA) is 71.1 Å². The van der Waals surface area contributed by atoms with Crippen LogP contribution in [-0.4, -0.2) is 16.8 Å². The van der Waals surface area contributed by atoms with Gasteiger partial charge in [-0.3, -0.25) is 9.59 Å². The van der Waals surface area contributed by atoms with Crippen molar-refractivity contribution in [2.75, 3.05) is 5.32 Å².